The summed E-state index contributed by atoms with van der Waals surface area (Å²) in [5.74, 6) is 1.22. The molecule has 0 spiro atoms. The second-order valence-corrected chi connectivity index (χ2v) is 7.83. The number of aromatic nitrogens is 1. The summed E-state index contributed by atoms with van der Waals surface area (Å²) in [6.07, 6.45) is 1.69. The van der Waals surface area contributed by atoms with E-state index in [9.17, 15) is 8.42 Å². The fourth-order valence-electron chi connectivity index (χ4n) is 2.90. The Labute approximate surface area is 124 Å². The van der Waals surface area contributed by atoms with Crippen LogP contribution in [-0.2, 0) is 16.4 Å². The van der Waals surface area contributed by atoms with Gasteiger partial charge in [0, 0.05) is 6.04 Å². The second kappa shape index (κ2) is 5.77. The molecule has 6 heteroatoms. The zero-order valence-corrected chi connectivity index (χ0v) is 13.0. The van der Waals surface area contributed by atoms with Crippen molar-refractivity contribution in [1.29, 1.82) is 0 Å². The highest BCUT2D eigenvalue weighted by molar-refractivity contribution is 7.91. The van der Waals surface area contributed by atoms with Gasteiger partial charge in [0.15, 0.2) is 15.4 Å². The molecule has 1 fully saturated rings. The molecule has 0 N–H and O–H groups in total. The Morgan fingerprint density at radius 1 is 1.38 bits per heavy atom. The third-order valence-electron chi connectivity index (χ3n) is 3.91. The Morgan fingerprint density at radius 2 is 2.19 bits per heavy atom. The molecule has 1 aromatic heterocycles. The summed E-state index contributed by atoms with van der Waals surface area (Å²) in [5, 5.41) is 0. The van der Waals surface area contributed by atoms with E-state index in [-0.39, 0.29) is 11.8 Å². The van der Waals surface area contributed by atoms with Crippen LogP contribution in [0.25, 0.3) is 11.1 Å². The maximum absolute atomic E-state index is 11.7. The summed E-state index contributed by atoms with van der Waals surface area (Å²) < 4.78 is 29.1. The van der Waals surface area contributed by atoms with E-state index in [4.69, 9.17) is 4.42 Å². The van der Waals surface area contributed by atoms with Crippen molar-refractivity contribution in [2.45, 2.75) is 32.4 Å². The average molecular weight is 308 g/mol. The smallest absolute Gasteiger partial charge is 0.209 e. The highest BCUT2D eigenvalue weighted by Crippen LogP contribution is 2.22. The molecule has 0 aliphatic carbocycles. The van der Waals surface area contributed by atoms with Gasteiger partial charge in [-0.15, -0.1) is 0 Å². The normalized spacial score (nSPS) is 21.3. The Balaban J connectivity index is 1.78. The van der Waals surface area contributed by atoms with Gasteiger partial charge in [0.1, 0.15) is 5.52 Å². The van der Waals surface area contributed by atoms with Crippen LogP contribution in [0.5, 0.6) is 0 Å². The molecule has 0 bridgehead atoms. The second-order valence-electron chi connectivity index (χ2n) is 5.60. The molecule has 1 saturated heterocycles. The summed E-state index contributed by atoms with van der Waals surface area (Å²) >= 11 is 0. The largest absolute Gasteiger partial charge is 0.439 e. The van der Waals surface area contributed by atoms with Crippen LogP contribution in [-0.4, -0.2) is 42.4 Å². The van der Waals surface area contributed by atoms with E-state index < -0.39 is 9.84 Å². The molecule has 0 saturated carbocycles. The van der Waals surface area contributed by atoms with Crippen LogP contribution in [0, 0.1) is 0 Å². The number of benzene rings is 1. The zero-order valence-electron chi connectivity index (χ0n) is 12.2. The standard InChI is InChI=1S/C15H20N2O3S/c1-2-8-17(12-7-9-21(18,19)11-12)10-15-16-13-5-3-4-6-14(13)20-15/h3-6,12H,2,7-11H2,1H3/t12-/m1/s1. The summed E-state index contributed by atoms with van der Waals surface area (Å²) in [5.41, 5.74) is 1.63. The lowest BCUT2D eigenvalue weighted by atomic mass is 10.2. The lowest BCUT2D eigenvalue weighted by molar-refractivity contribution is 0.186. The van der Waals surface area contributed by atoms with Crippen LogP contribution < -0.4 is 0 Å². The fraction of sp³-hybridized carbons (Fsp3) is 0.533. The van der Waals surface area contributed by atoms with Gasteiger partial charge in [-0.25, -0.2) is 13.4 Å². The Bertz CT molecular complexity index is 690. The maximum atomic E-state index is 11.7. The lowest BCUT2D eigenvalue weighted by Gasteiger charge is -2.25. The molecule has 1 aliphatic heterocycles. The number of nitrogens with zero attached hydrogens (tertiary/aromatic N) is 2. The van der Waals surface area contributed by atoms with Crippen molar-refractivity contribution in [3.8, 4) is 0 Å². The Kier molecular flexibility index (Phi) is 3.99. The van der Waals surface area contributed by atoms with E-state index in [1.807, 2.05) is 24.3 Å². The topological polar surface area (TPSA) is 63.4 Å². The van der Waals surface area contributed by atoms with Crippen molar-refractivity contribution in [3.63, 3.8) is 0 Å². The molecule has 1 aromatic carbocycles. The zero-order chi connectivity index (χ0) is 14.9. The molecular formula is C15H20N2O3S. The highest BCUT2D eigenvalue weighted by atomic mass is 32.2. The van der Waals surface area contributed by atoms with E-state index in [1.54, 1.807) is 0 Å². The summed E-state index contributed by atoms with van der Waals surface area (Å²) in [6, 6.07) is 7.76. The summed E-state index contributed by atoms with van der Waals surface area (Å²) in [7, 11) is -2.87. The predicted molar refractivity (Wildman–Crippen MR) is 81.8 cm³/mol. The van der Waals surface area contributed by atoms with Crippen LogP contribution in [0.15, 0.2) is 28.7 Å². The van der Waals surface area contributed by atoms with Crippen LogP contribution in [0.1, 0.15) is 25.7 Å². The van der Waals surface area contributed by atoms with Crippen molar-refractivity contribution < 1.29 is 12.8 Å². The van der Waals surface area contributed by atoms with Gasteiger partial charge in [0.05, 0.1) is 18.1 Å². The first-order chi connectivity index (χ1) is 10.1. The van der Waals surface area contributed by atoms with E-state index in [0.717, 1.165) is 24.1 Å². The summed E-state index contributed by atoms with van der Waals surface area (Å²) in [6.45, 7) is 3.53. The quantitative estimate of drug-likeness (QED) is 0.847. The molecule has 1 aliphatic rings. The van der Waals surface area contributed by atoms with Gasteiger partial charge >= 0.3 is 0 Å². The van der Waals surface area contributed by atoms with Crippen molar-refractivity contribution in [3.05, 3.63) is 30.2 Å². The maximum Gasteiger partial charge on any atom is 0.209 e. The molecule has 2 aromatic rings. The molecule has 21 heavy (non-hydrogen) atoms. The van der Waals surface area contributed by atoms with Crippen LogP contribution in [0.4, 0.5) is 0 Å². The molecule has 5 nitrogen and oxygen atoms in total. The Morgan fingerprint density at radius 3 is 2.86 bits per heavy atom. The SMILES string of the molecule is CCCN(Cc1nc2ccccc2o1)[C@@H]1CCS(=O)(=O)C1. The lowest BCUT2D eigenvalue weighted by Crippen LogP contribution is -2.36. The van der Waals surface area contributed by atoms with Gasteiger partial charge in [0.2, 0.25) is 5.89 Å². The monoisotopic (exact) mass is 308 g/mol. The molecule has 0 radical (unpaired) electrons. The molecular weight excluding hydrogens is 288 g/mol. The van der Waals surface area contributed by atoms with E-state index in [1.165, 1.54) is 0 Å². The van der Waals surface area contributed by atoms with E-state index in [0.29, 0.717) is 24.6 Å². The summed E-state index contributed by atoms with van der Waals surface area (Å²) in [4.78, 5) is 6.67. The molecule has 0 amide bonds. The van der Waals surface area contributed by atoms with Crippen LogP contribution in [0.3, 0.4) is 0 Å². The molecule has 114 valence electrons. The minimum atomic E-state index is -2.87. The average Bonchev–Trinajstić information content (AvgIpc) is 3.00. The third-order valence-corrected chi connectivity index (χ3v) is 5.66. The molecule has 0 unspecified atom stereocenters. The van der Waals surface area contributed by atoms with E-state index in [2.05, 4.69) is 16.8 Å². The minimum absolute atomic E-state index is 0.0879. The van der Waals surface area contributed by atoms with Gasteiger partial charge in [0.25, 0.3) is 0 Å². The van der Waals surface area contributed by atoms with Crippen LogP contribution in [0.2, 0.25) is 0 Å². The molecule has 1 atom stereocenters. The molecule has 2 heterocycles. The first kappa shape index (κ1) is 14.5. The predicted octanol–water partition coefficient (Wildman–Crippen LogP) is 2.23. The fourth-order valence-corrected chi connectivity index (χ4v) is 4.66. The number of sulfone groups is 1. The van der Waals surface area contributed by atoms with Gasteiger partial charge in [-0.2, -0.15) is 0 Å². The third kappa shape index (κ3) is 3.27. The van der Waals surface area contributed by atoms with Crippen molar-refractivity contribution in [1.82, 2.24) is 9.88 Å². The number of oxazole rings is 1. The number of para-hydroxylation sites is 2. The first-order valence-electron chi connectivity index (χ1n) is 7.36. The van der Waals surface area contributed by atoms with Gasteiger partial charge in [-0.3, -0.25) is 4.90 Å². The van der Waals surface area contributed by atoms with Crippen molar-refractivity contribution >= 4 is 20.9 Å². The van der Waals surface area contributed by atoms with Gasteiger partial charge in [-0.05, 0) is 31.5 Å². The molecule has 3 rings (SSSR count). The number of hydrogen-bond acceptors (Lipinski definition) is 5. The first-order valence-corrected chi connectivity index (χ1v) is 9.18. The van der Waals surface area contributed by atoms with Crippen molar-refractivity contribution in [2.24, 2.45) is 0 Å². The highest BCUT2D eigenvalue weighted by Gasteiger charge is 2.32. The van der Waals surface area contributed by atoms with Crippen LogP contribution >= 0.6 is 0 Å². The Hall–Kier alpha value is -1.40. The number of fused-ring (bicyclic) bond motifs is 1. The van der Waals surface area contributed by atoms with Gasteiger partial charge in [-0.1, -0.05) is 19.1 Å². The van der Waals surface area contributed by atoms with Crippen molar-refractivity contribution in [2.75, 3.05) is 18.1 Å². The van der Waals surface area contributed by atoms with E-state index >= 15 is 0 Å². The number of rotatable bonds is 5. The van der Waals surface area contributed by atoms with Gasteiger partial charge < -0.3 is 4.42 Å². The minimum Gasteiger partial charge on any atom is -0.439 e. The number of hydrogen-bond donors (Lipinski definition) is 0.